The molecular formula is C25H27N3O4. The molecule has 0 aliphatic heterocycles. The number of hydrogen-bond donors (Lipinski definition) is 3. The number of hydrogen-bond acceptors (Lipinski definition) is 4. The van der Waals surface area contributed by atoms with Crippen molar-refractivity contribution in [2.45, 2.75) is 20.8 Å². The van der Waals surface area contributed by atoms with Crippen LogP contribution in [0.15, 0.2) is 66.7 Å². The van der Waals surface area contributed by atoms with Crippen molar-refractivity contribution in [2.75, 3.05) is 29.2 Å². The second-order valence-electron chi connectivity index (χ2n) is 6.98. The second-order valence-corrected chi connectivity index (χ2v) is 6.98. The van der Waals surface area contributed by atoms with Gasteiger partial charge in [-0.25, -0.2) is 4.79 Å². The maximum Gasteiger partial charge on any atom is 0.323 e. The zero-order valence-corrected chi connectivity index (χ0v) is 18.4. The van der Waals surface area contributed by atoms with Gasteiger partial charge < -0.3 is 25.4 Å². The van der Waals surface area contributed by atoms with E-state index in [0.717, 1.165) is 5.56 Å². The molecule has 0 unspecified atom stereocenters. The zero-order chi connectivity index (χ0) is 22.9. The average molecular weight is 434 g/mol. The number of nitrogens with one attached hydrogen (secondary N) is 3. The molecule has 0 aromatic heterocycles. The van der Waals surface area contributed by atoms with E-state index in [1.165, 1.54) is 0 Å². The van der Waals surface area contributed by atoms with Gasteiger partial charge in [-0.15, -0.1) is 0 Å². The van der Waals surface area contributed by atoms with Crippen LogP contribution in [0, 0.1) is 6.92 Å². The summed E-state index contributed by atoms with van der Waals surface area (Å²) in [6.45, 7) is 6.42. The van der Waals surface area contributed by atoms with E-state index in [2.05, 4.69) is 16.0 Å². The fourth-order valence-electron chi connectivity index (χ4n) is 3.01. The van der Waals surface area contributed by atoms with Crippen molar-refractivity contribution in [2.24, 2.45) is 0 Å². The van der Waals surface area contributed by atoms with Gasteiger partial charge in [0.1, 0.15) is 11.5 Å². The van der Waals surface area contributed by atoms with Crippen molar-refractivity contribution in [1.29, 1.82) is 0 Å². The van der Waals surface area contributed by atoms with Gasteiger partial charge in [0.2, 0.25) is 0 Å². The van der Waals surface area contributed by atoms with Crippen molar-refractivity contribution in [3.63, 3.8) is 0 Å². The third-order valence-corrected chi connectivity index (χ3v) is 4.52. The Morgan fingerprint density at radius 2 is 1.31 bits per heavy atom. The number of carbonyl (C=O) groups is 2. The quantitative estimate of drug-likeness (QED) is 0.426. The molecule has 0 bridgehead atoms. The Morgan fingerprint density at radius 1 is 0.750 bits per heavy atom. The molecule has 0 heterocycles. The highest BCUT2D eigenvalue weighted by atomic mass is 16.5. The van der Waals surface area contributed by atoms with Crippen LogP contribution >= 0.6 is 0 Å². The summed E-state index contributed by atoms with van der Waals surface area (Å²) in [6, 6.07) is 19.3. The van der Waals surface area contributed by atoms with Crippen molar-refractivity contribution in [3.05, 3.63) is 77.9 Å². The fraction of sp³-hybridized carbons (Fsp3) is 0.200. The highest BCUT2D eigenvalue weighted by Gasteiger charge is 2.17. The molecular weight excluding hydrogens is 406 g/mol. The second kappa shape index (κ2) is 10.9. The van der Waals surface area contributed by atoms with Gasteiger partial charge in [0.15, 0.2) is 0 Å². The summed E-state index contributed by atoms with van der Waals surface area (Å²) in [5.74, 6) is 0.570. The monoisotopic (exact) mass is 433 g/mol. The lowest BCUT2D eigenvalue weighted by atomic mass is 10.1. The number of urea groups is 1. The number of amides is 3. The van der Waals surface area contributed by atoms with Crippen LogP contribution in [-0.2, 0) is 0 Å². The molecule has 0 radical (unpaired) electrons. The topological polar surface area (TPSA) is 88.7 Å². The number of aryl methyl sites for hydroxylation is 1. The van der Waals surface area contributed by atoms with Gasteiger partial charge in [0.05, 0.1) is 24.6 Å². The molecule has 0 aliphatic carbocycles. The number of para-hydroxylation sites is 1. The third-order valence-electron chi connectivity index (χ3n) is 4.52. The number of rotatable bonds is 8. The lowest BCUT2D eigenvalue weighted by Crippen LogP contribution is -2.20. The van der Waals surface area contributed by atoms with Gasteiger partial charge in [-0.05, 0) is 45.0 Å². The highest BCUT2D eigenvalue weighted by molar-refractivity contribution is 6.06. The Balaban J connectivity index is 1.86. The van der Waals surface area contributed by atoms with E-state index in [-0.39, 0.29) is 5.91 Å². The molecule has 0 spiro atoms. The number of carbonyl (C=O) groups excluding carboxylic acids is 2. The first kappa shape index (κ1) is 22.7. The lowest BCUT2D eigenvalue weighted by Gasteiger charge is -2.18. The van der Waals surface area contributed by atoms with Gasteiger partial charge in [0.25, 0.3) is 5.91 Å². The van der Waals surface area contributed by atoms with E-state index in [9.17, 15) is 9.59 Å². The summed E-state index contributed by atoms with van der Waals surface area (Å²) in [6.07, 6.45) is 0. The Labute approximate surface area is 187 Å². The predicted molar refractivity (Wildman–Crippen MR) is 127 cm³/mol. The first-order chi connectivity index (χ1) is 15.5. The highest BCUT2D eigenvalue weighted by Crippen LogP contribution is 2.37. The SMILES string of the molecule is CCOc1cc(NC(=O)c2ccc(C)cc2)c(OCC)cc1NC(=O)Nc1ccccc1. The van der Waals surface area contributed by atoms with E-state index in [1.807, 2.05) is 51.1 Å². The third kappa shape index (κ3) is 6.01. The number of ether oxygens (including phenoxy) is 2. The van der Waals surface area contributed by atoms with Crippen LogP contribution in [0.1, 0.15) is 29.8 Å². The number of anilines is 3. The fourth-order valence-corrected chi connectivity index (χ4v) is 3.01. The van der Waals surface area contributed by atoms with E-state index < -0.39 is 6.03 Å². The van der Waals surface area contributed by atoms with Crippen LogP contribution in [0.25, 0.3) is 0 Å². The smallest absolute Gasteiger partial charge is 0.323 e. The first-order valence-electron chi connectivity index (χ1n) is 10.4. The largest absolute Gasteiger partial charge is 0.492 e. The van der Waals surface area contributed by atoms with Crippen molar-refractivity contribution in [3.8, 4) is 11.5 Å². The summed E-state index contributed by atoms with van der Waals surface area (Å²) in [4.78, 5) is 25.2. The standard InChI is InChI=1S/C25H27N3O4/c1-4-31-22-16-21(28-25(30)26-19-9-7-6-8-10-19)23(32-5-2)15-20(22)27-24(29)18-13-11-17(3)12-14-18/h6-16H,4-5H2,1-3H3,(H,27,29)(H2,26,28,30). The number of benzene rings is 3. The summed E-state index contributed by atoms with van der Waals surface area (Å²) in [7, 11) is 0. The van der Waals surface area contributed by atoms with E-state index >= 15 is 0 Å². The molecule has 3 rings (SSSR count). The Morgan fingerprint density at radius 3 is 1.88 bits per heavy atom. The van der Waals surface area contributed by atoms with Crippen LogP contribution in [0.3, 0.4) is 0 Å². The molecule has 7 heteroatoms. The Bertz CT molecular complexity index is 1070. The molecule has 0 saturated heterocycles. The molecule has 3 aromatic rings. The maximum atomic E-state index is 12.7. The molecule has 32 heavy (non-hydrogen) atoms. The molecule has 166 valence electrons. The van der Waals surface area contributed by atoms with E-state index in [4.69, 9.17) is 9.47 Å². The Kier molecular flexibility index (Phi) is 7.70. The van der Waals surface area contributed by atoms with Gasteiger partial charge in [-0.2, -0.15) is 0 Å². The van der Waals surface area contributed by atoms with Gasteiger partial charge in [-0.1, -0.05) is 35.9 Å². The molecule has 3 N–H and O–H groups in total. The van der Waals surface area contributed by atoms with Gasteiger partial charge in [-0.3, -0.25) is 4.79 Å². The lowest BCUT2D eigenvalue weighted by molar-refractivity contribution is 0.102. The van der Waals surface area contributed by atoms with Gasteiger partial charge >= 0.3 is 6.03 Å². The molecule has 7 nitrogen and oxygen atoms in total. The molecule has 3 amide bonds. The van der Waals surface area contributed by atoms with Crippen molar-refractivity contribution >= 4 is 29.0 Å². The van der Waals surface area contributed by atoms with Crippen LogP contribution in [-0.4, -0.2) is 25.2 Å². The average Bonchev–Trinajstić information content (AvgIpc) is 2.78. The minimum Gasteiger partial charge on any atom is -0.492 e. The summed E-state index contributed by atoms with van der Waals surface area (Å²) in [5, 5.41) is 8.44. The van der Waals surface area contributed by atoms with Crippen LogP contribution < -0.4 is 25.4 Å². The normalized spacial score (nSPS) is 10.2. The van der Waals surface area contributed by atoms with Crippen LogP contribution in [0.4, 0.5) is 21.9 Å². The van der Waals surface area contributed by atoms with Crippen molar-refractivity contribution < 1.29 is 19.1 Å². The Hall–Kier alpha value is -4.00. The maximum absolute atomic E-state index is 12.7. The molecule has 0 atom stereocenters. The van der Waals surface area contributed by atoms with E-state index in [1.54, 1.807) is 36.4 Å². The molecule has 0 saturated carbocycles. The zero-order valence-electron chi connectivity index (χ0n) is 18.4. The predicted octanol–water partition coefficient (Wildman–Crippen LogP) is 5.69. The van der Waals surface area contributed by atoms with Crippen LogP contribution in [0.2, 0.25) is 0 Å². The first-order valence-corrected chi connectivity index (χ1v) is 10.4. The van der Waals surface area contributed by atoms with E-state index in [0.29, 0.717) is 47.3 Å². The summed E-state index contributed by atoms with van der Waals surface area (Å²) < 4.78 is 11.4. The van der Waals surface area contributed by atoms with Crippen LogP contribution in [0.5, 0.6) is 11.5 Å². The van der Waals surface area contributed by atoms with Crippen molar-refractivity contribution in [1.82, 2.24) is 0 Å². The molecule has 0 fully saturated rings. The summed E-state index contributed by atoms with van der Waals surface area (Å²) in [5.41, 5.74) is 3.14. The minimum absolute atomic E-state index is 0.268. The summed E-state index contributed by atoms with van der Waals surface area (Å²) >= 11 is 0. The molecule has 3 aromatic carbocycles. The van der Waals surface area contributed by atoms with Gasteiger partial charge in [0, 0.05) is 23.4 Å². The molecule has 0 aliphatic rings. The minimum atomic E-state index is -0.420.